The number of carbonyl (C=O) groups excluding carboxylic acids is 2. The number of benzene rings is 1. The van der Waals surface area contributed by atoms with Gasteiger partial charge in [0.1, 0.15) is 17.3 Å². The average molecular weight is 400 g/mol. The number of phenols is 1. The summed E-state index contributed by atoms with van der Waals surface area (Å²) in [5.74, 6) is -0.650. The standard InChI is InChI=1S/C18H21N5O3.C2H7N/c1-4-22-18-13(10(19)7-24)14(15(20)16(23-18)17(21)26)12-8(2)5-6-11(25)9(12)3;1-3-2/h5-7,19,25H,4,20H2,1-3H3,(H2,21,26)(H,22,23);3H,1-2H3. The monoisotopic (exact) mass is 400 g/mol. The van der Waals surface area contributed by atoms with Crippen molar-refractivity contribution >= 4 is 29.4 Å². The van der Waals surface area contributed by atoms with Crippen molar-refractivity contribution in [1.82, 2.24) is 10.3 Å². The summed E-state index contributed by atoms with van der Waals surface area (Å²) < 4.78 is 0. The summed E-state index contributed by atoms with van der Waals surface area (Å²) in [5.41, 5.74) is 13.2. The lowest BCUT2D eigenvalue weighted by atomic mass is 9.88. The fourth-order valence-electron chi connectivity index (χ4n) is 2.88. The highest BCUT2D eigenvalue weighted by molar-refractivity contribution is 6.38. The van der Waals surface area contributed by atoms with Gasteiger partial charge in [-0.15, -0.1) is 0 Å². The lowest BCUT2D eigenvalue weighted by Crippen LogP contribution is -2.21. The molecule has 2 aromatic rings. The van der Waals surface area contributed by atoms with Crippen molar-refractivity contribution in [2.24, 2.45) is 5.73 Å². The molecule has 9 heteroatoms. The Morgan fingerprint density at radius 2 is 1.86 bits per heavy atom. The molecular weight excluding hydrogens is 372 g/mol. The highest BCUT2D eigenvalue weighted by Gasteiger charge is 2.26. The summed E-state index contributed by atoms with van der Waals surface area (Å²) in [6, 6.07) is 3.22. The molecule has 0 unspecified atom stereocenters. The van der Waals surface area contributed by atoms with Gasteiger partial charge in [0.2, 0.25) is 0 Å². The highest BCUT2D eigenvalue weighted by Crippen LogP contribution is 2.41. The number of anilines is 2. The number of nitrogens with one attached hydrogen (secondary N) is 3. The van der Waals surface area contributed by atoms with Crippen LogP contribution in [0.1, 0.15) is 34.1 Å². The van der Waals surface area contributed by atoms with E-state index in [0.717, 1.165) is 5.56 Å². The van der Waals surface area contributed by atoms with Crippen LogP contribution in [0.25, 0.3) is 11.1 Å². The first-order valence-corrected chi connectivity index (χ1v) is 8.95. The van der Waals surface area contributed by atoms with Gasteiger partial charge in [0.05, 0.1) is 11.3 Å². The number of pyridine rings is 1. The van der Waals surface area contributed by atoms with Gasteiger partial charge in [-0.2, -0.15) is 0 Å². The van der Waals surface area contributed by atoms with Crippen molar-refractivity contribution in [1.29, 1.82) is 5.41 Å². The Kier molecular flexibility index (Phi) is 8.28. The maximum atomic E-state index is 11.8. The van der Waals surface area contributed by atoms with Gasteiger partial charge in [0.25, 0.3) is 5.91 Å². The van der Waals surface area contributed by atoms with Gasteiger partial charge in [0, 0.05) is 12.1 Å². The molecular formula is C20H28N6O3. The molecule has 0 bridgehead atoms. The van der Waals surface area contributed by atoms with Crippen molar-refractivity contribution in [2.45, 2.75) is 20.8 Å². The molecule has 0 aliphatic rings. The molecule has 0 aliphatic carbocycles. The molecule has 0 aliphatic heterocycles. The Morgan fingerprint density at radius 3 is 2.34 bits per heavy atom. The predicted octanol–water partition coefficient (Wildman–Crippen LogP) is 1.59. The number of hydrogen-bond donors (Lipinski definition) is 6. The number of aromatic nitrogens is 1. The SMILES string of the molecule is CCNc1nc(C(N)=O)c(N)c(-c2c(C)ccc(O)c2C)c1C(=N)C=O.CNC. The number of nitrogens with two attached hydrogens (primary N) is 2. The molecule has 1 aromatic carbocycles. The van der Waals surface area contributed by atoms with Crippen LogP contribution in [0.5, 0.6) is 5.75 Å². The van der Waals surface area contributed by atoms with Crippen molar-refractivity contribution in [3.8, 4) is 16.9 Å². The summed E-state index contributed by atoms with van der Waals surface area (Å²) in [5, 5.41) is 23.9. The minimum absolute atomic E-state index is 0.0241. The number of hydrogen-bond acceptors (Lipinski definition) is 8. The van der Waals surface area contributed by atoms with Gasteiger partial charge in [-0.05, 0) is 57.6 Å². The van der Waals surface area contributed by atoms with Gasteiger partial charge < -0.3 is 27.2 Å². The molecule has 8 N–H and O–H groups in total. The molecule has 156 valence electrons. The number of amides is 1. The third-order valence-electron chi connectivity index (χ3n) is 4.09. The molecule has 0 saturated carbocycles. The maximum Gasteiger partial charge on any atom is 0.269 e. The van der Waals surface area contributed by atoms with E-state index < -0.39 is 5.91 Å². The first-order chi connectivity index (χ1) is 13.7. The molecule has 1 amide bonds. The van der Waals surface area contributed by atoms with Crippen molar-refractivity contribution in [3.05, 3.63) is 34.5 Å². The summed E-state index contributed by atoms with van der Waals surface area (Å²) in [6.45, 7) is 5.72. The Bertz CT molecular complexity index is 941. The number of rotatable bonds is 6. The number of nitrogens with zero attached hydrogens (tertiary/aromatic N) is 1. The zero-order valence-electron chi connectivity index (χ0n) is 17.3. The minimum atomic E-state index is -0.831. The van der Waals surface area contributed by atoms with Crippen molar-refractivity contribution in [3.63, 3.8) is 0 Å². The topological polar surface area (TPSA) is 167 Å². The summed E-state index contributed by atoms with van der Waals surface area (Å²) >= 11 is 0. The average Bonchev–Trinajstić information content (AvgIpc) is 2.67. The zero-order valence-corrected chi connectivity index (χ0v) is 17.3. The second kappa shape index (κ2) is 10.2. The van der Waals surface area contributed by atoms with E-state index in [4.69, 9.17) is 16.9 Å². The van der Waals surface area contributed by atoms with Crippen LogP contribution in [0.15, 0.2) is 12.1 Å². The van der Waals surface area contributed by atoms with E-state index in [2.05, 4.69) is 15.6 Å². The third kappa shape index (κ3) is 4.88. The molecule has 1 aromatic heterocycles. The molecule has 2 rings (SSSR count). The van der Waals surface area contributed by atoms with E-state index >= 15 is 0 Å². The molecule has 29 heavy (non-hydrogen) atoms. The third-order valence-corrected chi connectivity index (χ3v) is 4.09. The van der Waals surface area contributed by atoms with Crippen LogP contribution in [0.4, 0.5) is 11.5 Å². The van der Waals surface area contributed by atoms with E-state index in [-0.39, 0.29) is 39.8 Å². The highest BCUT2D eigenvalue weighted by atomic mass is 16.3. The van der Waals surface area contributed by atoms with Crippen LogP contribution < -0.4 is 22.1 Å². The Balaban J connectivity index is 0.00000132. The van der Waals surface area contributed by atoms with Crippen LogP contribution >= 0.6 is 0 Å². The predicted molar refractivity (Wildman–Crippen MR) is 116 cm³/mol. The molecule has 1 heterocycles. The second-order valence-corrected chi connectivity index (χ2v) is 6.30. The summed E-state index contributed by atoms with van der Waals surface area (Å²) in [4.78, 5) is 27.3. The number of aryl methyl sites for hydroxylation is 1. The Labute approximate surface area is 170 Å². The number of primary amides is 1. The molecule has 0 atom stereocenters. The summed E-state index contributed by atoms with van der Waals surface area (Å²) in [7, 11) is 3.75. The number of aromatic hydroxyl groups is 1. The fourth-order valence-corrected chi connectivity index (χ4v) is 2.88. The summed E-state index contributed by atoms with van der Waals surface area (Å²) in [6.07, 6.45) is 0.373. The van der Waals surface area contributed by atoms with Gasteiger partial charge in [-0.3, -0.25) is 15.0 Å². The largest absolute Gasteiger partial charge is 0.508 e. The molecule has 9 nitrogen and oxygen atoms in total. The lowest BCUT2D eigenvalue weighted by Gasteiger charge is -2.21. The molecule has 0 fully saturated rings. The van der Waals surface area contributed by atoms with Crippen LogP contribution in [0.2, 0.25) is 0 Å². The molecule has 0 spiro atoms. The number of nitrogen functional groups attached to an aromatic ring is 1. The van der Waals surface area contributed by atoms with Crippen LogP contribution in [0, 0.1) is 19.3 Å². The van der Waals surface area contributed by atoms with E-state index in [9.17, 15) is 14.7 Å². The van der Waals surface area contributed by atoms with Crippen molar-refractivity contribution in [2.75, 3.05) is 31.7 Å². The van der Waals surface area contributed by atoms with E-state index in [0.29, 0.717) is 24.0 Å². The van der Waals surface area contributed by atoms with E-state index in [1.807, 2.05) is 14.1 Å². The quantitative estimate of drug-likeness (QED) is 0.316. The Hall–Kier alpha value is -3.46. The first kappa shape index (κ1) is 23.6. The van der Waals surface area contributed by atoms with Gasteiger partial charge in [-0.1, -0.05) is 6.07 Å². The lowest BCUT2D eigenvalue weighted by molar-refractivity contribution is -0.102. The smallest absolute Gasteiger partial charge is 0.269 e. The zero-order chi connectivity index (χ0) is 22.3. The molecule has 0 radical (unpaired) electrons. The van der Waals surface area contributed by atoms with Crippen molar-refractivity contribution < 1.29 is 14.7 Å². The first-order valence-electron chi connectivity index (χ1n) is 8.95. The number of phenolic OH excluding ortho intramolecular Hbond substituents is 1. The van der Waals surface area contributed by atoms with Gasteiger partial charge >= 0.3 is 0 Å². The van der Waals surface area contributed by atoms with Crippen LogP contribution in [-0.4, -0.2) is 48.6 Å². The van der Waals surface area contributed by atoms with E-state index in [1.165, 1.54) is 6.07 Å². The van der Waals surface area contributed by atoms with Crippen LogP contribution in [0.3, 0.4) is 0 Å². The van der Waals surface area contributed by atoms with Gasteiger partial charge in [0.15, 0.2) is 12.0 Å². The number of carbonyl (C=O) groups is 2. The Morgan fingerprint density at radius 1 is 1.28 bits per heavy atom. The van der Waals surface area contributed by atoms with E-state index in [1.54, 1.807) is 26.8 Å². The maximum absolute atomic E-state index is 11.8. The molecule has 0 saturated heterocycles. The minimum Gasteiger partial charge on any atom is -0.508 e. The normalized spacial score (nSPS) is 9.97. The second-order valence-electron chi connectivity index (χ2n) is 6.30. The van der Waals surface area contributed by atoms with Gasteiger partial charge in [-0.25, -0.2) is 4.98 Å². The fraction of sp³-hybridized carbons (Fsp3) is 0.300. The van der Waals surface area contributed by atoms with Crippen LogP contribution in [-0.2, 0) is 4.79 Å². The number of aldehydes is 1.